The number of fused-ring (bicyclic) bond motifs is 2. The van der Waals surface area contributed by atoms with Crippen LogP contribution in [0.5, 0.6) is 17.2 Å². The number of sulfonamides is 1. The quantitative estimate of drug-likeness (QED) is 0.512. The van der Waals surface area contributed by atoms with E-state index in [1.165, 1.54) is 31.4 Å². The molecule has 0 radical (unpaired) electrons. The molecular formula is C23H16ClNO8S. The van der Waals surface area contributed by atoms with E-state index in [4.69, 9.17) is 30.5 Å². The molecule has 3 aromatic carbocycles. The average Bonchev–Trinajstić information content (AvgIpc) is 3.27. The molecule has 2 aliphatic rings. The Morgan fingerprint density at radius 1 is 1.06 bits per heavy atom. The zero-order valence-corrected chi connectivity index (χ0v) is 19.1. The van der Waals surface area contributed by atoms with E-state index in [1.54, 1.807) is 36.4 Å². The standard InChI is InChI=1S/C23H16ClNO8S/c1-30-14-7-8-17(16(24)11-14)25-22(33-23(26)27)21(13-6-9-18-19(10-13)32-12-31-18)15-4-2-3-5-20(15)34(25,28)29/h2-11H,12H2,1H3,(H,26,27). The maximum absolute atomic E-state index is 13.8. The molecule has 11 heteroatoms. The summed E-state index contributed by atoms with van der Waals surface area (Å²) in [6.07, 6.45) is -1.70. The van der Waals surface area contributed by atoms with Gasteiger partial charge in [0.1, 0.15) is 5.75 Å². The van der Waals surface area contributed by atoms with E-state index in [0.717, 1.165) is 4.31 Å². The van der Waals surface area contributed by atoms with E-state index in [9.17, 15) is 18.3 Å². The van der Waals surface area contributed by atoms with Gasteiger partial charge in [0, 0.05) is 11.6 Å². The molecule has 5 rings (SSSR count). The summed E-state index contributed by atoms with van der Waals surface area (Å²) in [4.78, 5) is 11.7. The lowest BCUT2D eigenvalue weighted by Crippen LogP contribution is -2.37. The van der Waals surface area contributed by atoms with Gasteiger partial charge in [-0.3, -0.25) is 0 Å². The second-order valence-electron chi connectivity index (χ2n) is 7.20. The lowest BCUT2D eigenvalue weighted by molar-refractivity contribution is 0.119. The van der Waals surface area contributed by atoms with Crippen molar-refractivity contribution in [3.05, 3.63) is 82.7 Å². The van der Waals surface area contributed by atoms with E-state index < -0.39 is 22.1 Å². The molecule has 2 aliphatic heterocycles. The van der Waals surface area contributed by atoms with Gasteiger partial charge in [-0.15, -0.1) is 0 Å². The maximum atomic E-state index is 13.8. The normalized spacial score (nSPS) is 15.6. The fraction of sp³-hybridized carbons (Fsp3) is 0.0870. The fourth-order valence-corrected chi connectivity index (χ4v) is 5.81. The second kappa shape index (κ2) is 8.15. The van der Waals surface area contributed by atoms with Crippen LogP contribution in [0.1, 0.15) is 11.1 Å². The van der Waals surface area contributed by atoms with Crippen molar-refractivity contribution in [3.63, 3.8) is 0 Å². The van der Waals surface area contributed by atoms with Gasteiger partial charge < -0.3 is 24.1 Å². The minimum absolute atomic E-state index is 0.00790. The number of ether oxygens (including phenoxy) is 4. The molecule has 9 nitrogen and oxygen atoms in total. The Morgan fingerprint density at radius 3 is 2.56 bits per heavy atom. The van der Waals surface area contributed by atoms with E-state index >= 15 is 0 Å². The lowest BCUT2D eigenvalue weighted by atomic mass is 9.97. The van der Waals surface area contributed by atoms with Gasteiger partial charge in [-0.05, 0) is 35.9 Å². The van der Waals surface area contributed by atoms with Crippen molar-refractivity contribution in [2.24, 2.45) is 0 Å². The van der Waals surface area contributed by atoms with Crippen LogP contribution in [0.15, 0.2) is 71.4 Å². The number of methoxy groups -OCH3 is 1. The van der Waals surface area contributed by atoms with Crippen molar-refractivity contribution in [1.29, 1.82) is 0 Å². The van der Waals surface area contributed by atoms with Gasteiger partial charge in [0.15, 0.2) is 11.5 Å². The highest BCUT2D eigenvalue weighted by Gasteiger charge is 2.41. The van der Waals surface area contributed by atoms with Crippen LogP contribution < -0.4 is 18.5 Å². The SMILES string of the molecule is COc1ccc(N2C(OC(=O)O)=C(c3ccc4c(c3)OCO4)c3ccccc3S2(=O)=O)c(Cl)c1. The molecule has 3 aromatic rings. The molecule has 174 valence electrons. The zero-order chi connectivity index (χ0) is 24.0. The third kappa shape index (κ3) is 3.47. The largest absolute Gasteiger partial charge is 0.512 e. The van der Waals surface area contributed by atoms with Gasteiger partial charge >= 0.3 is 6.16 Å². The van der Waals surface area contributed by atoms with Crippen LogP contribution in [-0.4, -0.2) is 33.6 Å². The van der Waals surface area contributed by atoms with Gasteiger partial charge in [0.2, 0.25) is 12.7 Å². The third-order valence-corrected chi connectivity index (χ3v) is 7.35. The van der Waals surface area contributed by atoms with E-state index in [1.807, 2.05) is 0 Å². The molecule has 1 N–H and O–H groups in total. The van der Waals surface area contributed by atoms with E-state index in [2.05, 4.69) is 0 Å². The fourth-order valence-electron chi connectivity index (χ4n) is 3.85. The Hall–Kier alpha value is -3.89. The number of anilines is 1. The highest BCUT2D eigenvalue weighted by atomic mass is 35.5. The summed E-state index contributed by atoms with van der Waals surface area (Å²) in [6, 6.07) is 15.5. The summed E-state index contributed by atoms with van der Waals surface area (Å²) in [5, 5.41) is 9.56. The predicted octanol–water partition coefficient (Wildman–Crippen LogP) is 4.70. The molecule has 0 spiro atoms. The Kier molecular flexibility index (Phi) is 5.26. The molecule has 0 saturated heterocycles. The number of hydrogen-bond acceptors (Lipinski definition) is 7. The molecule has 34 heavy (non-hydrogen) atoms. The molecule has 0 unspecified atom stereocenters. The first kappa shape index (κ1) is 21.9. The maximum Gasteiger partial charge on any atom is 0.512 e. The molecule has 0 atom stereocenters. The number of benzene rings is 3. The molecule has 0 amide bonds. The number of hydrogen-bond donors (Lipinski definition) is 1. The van der Waals surface area contributed by atoms with Crippen LogP contribution in [0.25, 0.3) is 5.57 Å². The Morgan fingerprint density at radius 2 is 1.82 bits per heavy atom. The molecule has 2 heterocycles. The zero-order valence-electron chi connectivity index (χ0n) is 17.5. The summed E-state index contributed by atoms with van der Waals surface area (Å²) in [5.74, 6) is 0.887. The highest BCUT2D eigenvalue weighted by molar-refractivity contribution is 7.93. The van der Waals surface area contributed by atoms with Gasteiger partial charge in [0.25, 0.3) is 10.0 Å². The first-order valence-corrected chi connectivity index (χ1v) is 11.7. The summed E-state index contributed by atoms with van der Waals surface area (Å²) in [7, 11) is -2.88. The molecular weight excluding hydrogens is 486 g/mol. The molecule has 0 aromatic heterocycles. The molecule has 0 fully saturated rings. The van der Waals surface area contributed by atoms with Crippen LogP contribution in [0.4, 0.5) is 10.5 Å². The van der Waals surface area contributed by atoms with Gasteiger partial charge in [-0.25, -0.2) is 17.5 Å². The first-order valence-electron chi connectivity index (χ1n) is 9.84. The summed E-state index contributed by atoms with van der Waals surface area (Å²) < 4.78 is 49.4. The van der Waals surface area contributed by atoms with Crippen molar-refractivity contribution in [2.45, 2.75) is 4.90 Å². The summed E-state index contributed by atoms with van der Waals surface area (Å²) in [6.45, 7) is 0.0366. The van der Waals surface area contributed by atoms with Gasteiger partial charge in [-0.1, -0.05) is 35.9 Å². The van der Waals surface area contributed by atoms with Crippen molar-refractivity contribution in [1.82, 2.24) is 0 Å². The van der Waals surface area contributed by atoms with Crippen LogP contribution in [0.3, 0.4) is 0 Å². The lowest BCUT2D eigenvalue weighted by Gasteiger charge is -2.33. The highest BCUT2D eigenvalue weighted by Crippen LogP contribution is 2.46. The topological polar surface area (TPSA) is 112 Å². The van der Waals surface area contributed by atoms with Crippen molar-refractivity contribution in [2.75, 3.05) is 18.2 Å². The summed E-state index contributed by atoms with van der Waals surface area (Å²) >= 11 is 6.42. The van der Waals surface area contributed by atoms with Crippen LogP contribution >= 0.6 is 11.6 Å². The summed E-state index contributed by atoms with van der Waals surface area (Å²) in [5.41, 5.74) is 0.931. The van der Waals surface area contributed by atoms with Crippen molar-refractivity contribution < 1.29 is 37.3 Å². The van der Waals surface area contributed by atoms with Crippen LogP contribution in [-0.2, 0) is 14.8 Å². The van der Waals surface area contributed by atoms with Gasteiger partial charge in [-0.2, -0.15) is 0 Å². The minimum atomic E-state index is -4.32. The van der Waals surface area contributed by atoms with Crippen LogP contribution in [0, 0.1) is 0 Å². The minimum Gasteiger partial charge on any atom is -0.497 e. The number of rotatable bonds is 4. The van der Waals surface area contributed by atoms with E-state index in [0.29, 0.717) is 22.8 Å². The number of carbonyl (C=O) groups is 1. The third-order valence-electron chi connectivity index (χ3n) is 5.29. The van der Waals surface area contributed by atoms with E-state index in [-0.39, 0.29) is 33.5 Å². The Balaban J connectivity index is 1.85. The number of nitrogens with zero attached hydrogens (tertiary/aromatic N) is 1. The number of halogens is 1. The predicted molar refractivity (Wildman–Crippen MR) is 122 cm³/mol. The molecule has 0 bridgehead atoms. The smallest absolute Gasteiger partial charge is 0.497 e. The average molecular weight is 502 g/mol. The molecule has 0 saturated carbocycles. The Bertz CT molecular complexity index is 1470. The van der Waals surface area contributed by atoms with Crippen molar-refractivity contribution >= 4 is 39.0 Å². The monoisotopic (exact) mass is 501 g/mol. The second-order valence-corrected chi connectivity index (χ2v) is 9.36. The first-order chi connectivity index (χ1) is 16.3. The molecule has 0 aliphatic carbocycles. The Labute approximate surface area is 199 Å². The van der Waals surface area contributed by atoms with Crippen LogP contribution in [0.2, 0.25) is 5.02 Å². The number of carboxylic acid groups (broad SMARTS) is 1. The van der Waals surface area contributed by atoms with Gasteiger partial charge in [0.05, 0.1) is 28.3 Å². The van der Waals surface area contributed by atoms with Crippen molar-refractivity contribution in [3.8, 4) is 17.2 Å².